The number of rotatable bonds is 8. The molecule has 20 heavy (non-hydrogen) atoms. The van der Waals surface area contributed by atoms with Crippen molar-refractivity contribution in [3.05, 3.63) is 29.8 Å². The summed E-state index contributed by atoms with van der Waals surface area (Å²) >= 11 is 5.73. The summed E-state index contributed by atoms with van der Waals surface area (Å²) in [7, 11) is -3.40. The summed E-state index contributed by atoms with van der Waals surface area (Å²) in [4.78, 5) is 0.346. The molecule has 0 aliphatic rings. The number of halogens is 1. The third-order valence-electron chi connectivity index (χ3n) is 3.68. The van der Waals surface area contributed by atoms with Gasteiger partial charge >= 0.3 is 0 Å². The van der Waals surface area contributed by atoms with E-state index in [-0.39, 0.29) is 0 Å². The molecular formula is C15H24ClNO2S. The van der Waals surface area contributed by atoms with Gasteiger partial charge in [-0.2, -0.15) is 4.31 Å². The van der Waals surface area contributed by atoms with Gasteiger partial charge in [0.1, 0.15) is 0 Å². The van der Waals surface area contributed by atoms with E-state index in [1.165, 1.54) is 0 Å². The molecule has 5 heteroatoms. The number of hydrogen-bond donors (Lipinski definition) is 0. The van der Waals surface area contributed by atoms with Crippen molar-refractivity contribution >= 4 is 21.6 Å². The minimum Gasteiger partial charge on any atom is -0.207 e. The fourth-order valence-corrected chi connectivity index (χ4v) is 3.83. The van der Waals surface area contributed by atoms with Crippen LogP contribution in [0.25, 0.3) is 0 Å². The zero-order chi connectivity index (χ0) is 15.2. The Labute approximate surface area is 128 Å². The van der Waals surface area contributed by atoms with Gasteiger partial charge in [-0.25, -0.2) is 8.42 Å². The highest BCUT2D eigenvalue weighted by Crippen LogP contribution is 2.20. The lowest BCUT2D eigenvalue weighted by Gasteiger charge is -2.24. The lowest BCUT2D eigenvalue weighted by molar-refractivity contribution is 0.339. The van der Waals surface area contributed by atoms with Crippen molar-refractivity contribution in [2.24, 2.45) is 5.92 Å². The Morgan fingerprint density at radius 3 is 2.05 bits per heavy atom. The first-order valence-corrected chi connectivity index (χ1v) is 9.12. The van der Waals surface area contributed by atoms with Gasteiger partial charge < -0.3 is 0 Å². The maximum atomic E-state index is 12.6. The second-order valence-corrected chi connectivity index (χ2v) is 7.12. The Morgan fingerprint density at radius 2 is 1.65 bits per heavy atom. The van der Waals surface area contributed by atoms with Crippen LogP contribution in [0.1, 0.15) is 39.2 Å². The second kappa shape index (κ2) is 8.01. The second-order valence-electron chi connectivity index (χ2n) is 4.92. The molecule has 0 amide bonds. The van der Waals surface area contributed by atoms with Crippen LogP contribution in [0, 0.1) is 5.92 Å². The van der Waals surface area contributed by atoms with Crippen molar-refractivity contribution in [2.45, 2.75) is 44.4 Å². The maximum Gasteiger partial charge on any atom is 0.243 e. The van der Waals surface area contributed by atoms with Gasteiger partial charge in [-0.15, -0.1) is 11.6 Å². The number of hydrogen-bond acceptors (Lipinski definition) is 2. The quantitative estimate of drug-likeness (QED) is 0.682. The van der Waals surface area contributed by atoms with Crippen LogP contribution in [0.3, 0.4) is 0 Å². The third kappa shape index (κ3) is 4.21. The standard InChI is InChI=1S/C15H24ClNO2S/c1-4-13(5-2)12-17(6-3)20(18,19)15-9-7-14(11-16)8-10-15/h7-10,13H,4-6,11-12H2,1-3H3. The lowest BCUT2D eigenvalue weighted by atomic mass is 10.0. The topological polar surface area (TPSA) is 37.4 Å². The molecule has 1 aromatic carbocycles. The normalized spacial score (nSPS) is 12.3. The molecule has 0 spiro atoms. The molecule has 1 rings (SSSR count). The van der Waals surface area contributed by atoms with E-state index in [0.717, 1.165) is 18.4 Å². The summed E-state index contributed by atoms with van der Waals surface area (Å²) in [5.41, 5.74) is 0.925. The summed E-state index contributed by atoms with van der Waals surface area (Å²) in [5, 5.41) is 0. The average molecular weight is 318 g/mol. The van der Waals surface area contributed by atoms with Crippen LogP contribution in [0.4, 0.5) is 0 Å². The molecule has 0 atom stereocenters. The first-order valence-electron chi connectivity index (χ1n) is 7.14. The molecular weight excluding hydrogens is 294 g/mol. The van der Waals surface area contributed by atoms with E-state index in [9.17, 15) is 8.42 Å². The minimum absolute atomic E-state index is 0.346. The van der Waals surface area contributed by atoms with Gasteiger partial charge in [-0.1, -0.05) is 45.7 Å². The monoisotopic (exact) mass is 317 g/mol. The van der Waals surface area contributed by atoms with Gasteiger partial charge in [-0.3, -0.25) is 0 Å². The largest absolute Gasteiger partial charge is 0.243 e. The van der Waals surface area contributed by atoms with Gasteiger partial charge in [-0.05, 0) is 23.6 Å². The molecule has 0 saturated carbocycles. The van der Waals surface area contributed by atoms with Gasteiger partial charge in [0.05, 0.1) is 4.90 Å². The van der Waals surface area contributed by atoms with E-state index in [2.05, 4.69) is 13.8 Å². The predicted octanol–water partition coefficient (Wildman–Crippen LogP) is 3.87. The first-order chi connectivity index (χ1) is 9.49. The van der Waals surface area contributed by atoms with Gasteiger partial charge in [0.25, 0.3) is 0 Å². The Bertz CT molecular complexity index is 495. The van der Waals surface area contributed by atoms with Crippen molar-refractivity contribution < 1.29 is 8.42 Å². The lowest BCUT2D eigenvalue weighted by Crippen LogP contribution is -2.35. The summed E-state index contributed by atoms with van der Waals surface area (Å²) in [6.07, 6.45) is 1.99. The third-order valence-corrected chi connectivity index (χ3v) is 5.95. The van der Waals surface area contributed by atoms with E-state index >= 15 is 0 Å². The zero-order valence-corrected chi connectivity index (χ0v) is 14.0. The van der Waals surface area contributed by atoms with E-state index in [1.54, 1.807) is 28.6 Å². The summed E-state index contributed by atoms with van der Waals surface area (Å²) in [6, 6.07) is 6.82. The van der Waals surface area contributed by atoms with Crippen molar-refractivity contribution in [1.82, 2.24) is 4.31 Å². The van der Waals surface area contributed by atoms with E-state index in [4.69, 9.17) is 11.6 Å². The molecule has 0 N–H and O–H groups in total. The number of sulfonamides is 1. The Balaban J connectivity index is 2.98. The highest BCUT2D eigenvalue weighted by Gasteiger charge is 2.24. The Morgan fingerprint density at radius 1 is 1.10 bits per heavy atom. The molecule has 3 nitrogen and oxygen atoms in total. The van der Waals surface area contributed by atoms with Crippen LogP contribution in [0.5, 0.6) is 0 Å². The first kappa shape index (κ1) is 17.5. The Kier molecular flexibility index (Phi) is 7.00. The fourth-order valence-electron chi connectivity index (χ4n) is 2.13. The van der Waals surface area contributed by atoms with Gasteiger partial charge in [0, 0.05) is 19.0 Å². The van der Waals surface area contributed by atoms with Crippen LogP contribution in [0.15, 0.2) is 29.2 Å². The smallest absolute Gasteiger partial charge is 0.207 e. The van der Waals surface area contributed by atoms with Crippen LogP contribution in [-0.2, 0) is 15.9 Å². The zero-order valence-electron chi connectivity index (χ0n) is 12.5. The molecule has 0 heterocycles. The molecule has 0 bridgehead atoms. The van der Waals surface area contributed by atoms with Crippen LogP contribution in [-0.4, -0.2) is 25.8 Å². The molecule has 0 saturated heterocycles. The van der Waals surface area contributed by atoms with Crippen molar-refractivity contribution in [1.29, 1.82) is 0 Å². The van der Waals surface area contributed by atoms with E-state index in [1.807, 2.05) is 6.92 Å². The summed E-state index contributed by atoms with van der Waals surface area (Å²) < 4.78 is 26.8. The average Bonchev–Trinajstić information content (AvgIpc) is 2.48. The summed E-state index contributed by atoms with van der Waals surface area (Å²) in [5.74, 6) is 0.804. The fraction of sp³-hybridized carbons (Fsp3) is 0.600. The highest BCUT2D eigenvalue weighted by molar-refractivity contribution is 7.89. The van der Waals surface area contributed by atoms with Crippen LogP contribution in [0.2, 0.25) is 0 Å². The maximum absolute atomic E-state index is 12.6. The molecule has 114 valence electrons. The molecule has 0 aromatic heterocycles. The SMILES string of the molecule is CCC(CC)CN(CC)S(=O)(=O)c1ccc(CCl)cc1. The van der Waals surface area contributed by atoms with E-state index < -0.39 is 10.0 Å². The molecule has 0 radical (unpaired) electrons. The van der Waals surface area contributed by atoms with Crippen molar-refractivity contribution in [2.75, 3.05) is 13.1 Å². The Hall–Kier alpha value is -0.580. The number of nitrogens with zero attached hydrogens (tertiary/aromatic N) is 1. The van der Waals surface area contributed by atoms with Gasteiger partial charge in [0.15, 0.2) is 0 Å². The number of benzene rings is 1. The van der Waals surface area contributed by atoms with Crippen LogP contribution >= 0.6 is 11.6 Å². The predicted molar refractivity (Wildman–Crippen MR) is 84.5 cm³/mol. The van der Waals surface area contributed by atoms with Crippen molar-refractivity contribution in [3.8, 4) is 0 Å². The van der Waals surface area contributed by atoms with Crippen molar-refractivity contribution in [3.63, 3.8) is 0 Å². The molecule has 1 aromatic rings. The highest BCUT2D eigenvalue weighted by atomic mass is 35.5. The molecule has 0 aliphatic carbocycles. The minimum atomic E-state index is -3.40. The molecule has 0 fully saturated rings. The molecule has 0 unspecified atom stereocenters. The van der Waals surface area contributed by atoms with Gasteiger partial charge in [0.2, 0.25) is 10.0 Å². The molecule has 0 aliphatic heterocycles. The summed E-state index contributed by atoms with van der Waals surface area (Å²) in [6.45, 7) is 7.17. The number of alkyl halides is 1. The van der Waals surface area contributed by atoms with E-state index in [0.29, 0.717) is 29.8 Å². The van der Waals surface area contributed by atoms with Crippen LogP contribution < -0.4 is 0 Å².